The third kappa shape index (κ3) is 2.03. The Morgan fingerprint density at radius 3 is 2.58 bits per heavy atom. The molecule has 1 aliphatic rings. The molecule has 2 aromatic carbocycles. The lowest BCUT2D eigenvalue weighted by atomic mass is 10.0. The van der Waals surface area contributed by atoms with Crippen LogP contribution in [0, 0.1) is 5.41 Å². The number of nitrogens with zero attached hydrogens (tertiary/aromatic N) is 1. The lowest BCUT2D eigenvalue weighted by molar-refractivity contribution is 0.865. The number of hydrogen-bond donors (Lipinski definition) is 1. The lowest BCUT2D eigenvalue weighted by Gasteiger charge is -2.19. The van der Waals surface area contributed by atoms with Gasteiger partial charge in [0.05, 0.1) is 6.54 Å². The van der Waals surface area contributed by atoms with E-state index in [9.17, 15) is 0 Å². The highest BCUT2D eigenvalue weighted by molar-refractivity contribution is 6.11. The Kier molecular flexibility index (Phi) is 2.86. The average Bonchev–Trinajstić information content (AvgIpc) is 2.77. The van der Waals surface area contributed by atoms with E-state index in [2.05, 4.69) is 49.1 Å². The van der Waals surface area contributed by atoms with Crippen molar-refractivity contribution in [2.45, 2.75) is 26.3 Å². The monoisotopic (exact) mass is 250 g/mol. The minimum absolute atomic E-state index is 0.513. The van der Waals surface area contributed by atoms with E-state index in [0.29, 0.717) is 11.8 Å². The Morgan fingerprint density at radius 1 is 1.05 bits per heavy atom. The van der Waals surface area contributed by atoms with Gasteiger partial charge in [-0.2, -0.15) is 0 Å². The first-order valence-electron chi connectivity index (χ1n) is 6.71. The standard InChI is InChI=1S/C17H18N2/c1-12(2)13-7-5-8-15(10-13)19-11-14-6-3-4-9-16(14)17(19)18/h3-10,12,18H,11H2,1-2H3. The van der Waals surface area contributed by atoms with Crippen molar-refractivity contribution in [1.82, 2.24) is 0 Å². The fraction of sp³-hybridized carbons (Fsp3) is 0.235. The first-order valence-corrected chi connectivity index (χ1v) is 6.71. The van der Waals surface area contributed by atoms with E-state index >= 15 is 0 Å². The number of fused-ring (bicyclic) bond motifs is 1. The first-order chi connectivity index (χ1) is 9.16. The molecule has 2 heteroatoms. The summed E-state index contributed by atoms with van der Waals surface area (Å²) >= 11 is 0. The van der Waals surface area contributed by atoms with Crippen molar-refractivity contribution >= 4 is 11.5 Å². The molecule has 19 heavy (non-hydrogen) atoms. The molecule has 2 aromatic rings. The second-order valence-corrected chi connectivity index (χ2v) is 5.34. The number of benzene rings is 2. The molecular weight excluding hydrogens is 232 g/mol. The molecule has 3 rings (SSSR count). The maximum absolute atomic E-state index is 8.33. The molecule has 0 spiro atoms. The SMILES string of the molecule is CC(C)c1cccc(N2Cc3ccccc3C2=N)c1. The van der Waals surface area contributed by atoms with Gasteiger partial charge in [0, 0.05) is 11.3 Å². The molecule has 0 atom stereocenters. The Hall–Kier alpha value is -2.09. The van der Waals surface area contributed by atoms with Gasteiger partial charge in [0.1, 0.15) is 5.84 Å². The lowest BCUT2D eigenvalue weighted by Crippen LogP contribution is -2.23. The van der Waals surface area contributed by atoms with Gasteiger partial charge in [-0.15, -0.1) is 0 Å². The molecule has 0 fully saturated rings. The van der Waals surface area contributed by atoms with Crippen molar-refractivity contribution in [2.24, 2.45) is 0 Å². The van der Waals surface area contributed by atoms with Gasteiger partial charge >= 0.3 is 0 Å². The summed E-state index contributed by atoms with van der Waals surface area (Å²) in [6.07, 6.45) is 0. The van der Waals surface area contributed by atoms with Crippen molar-refractivity contribution in [2.75, 3.05) is 4.90 Å². The molecule has 0 aliphatic carbocycles. The van der Waals surface area contributed by atoms with E-state index in [-0.39, 0.29) is 0 Å². The van der Waals surface area contributed by atoms with Gasteiger partial charge in [0.2, 0.25) is 0 Å². The van der Waals surface area contributed by atoms with Gasteiger partial charge in [-0.1, -0.05) is 50.2 Å². The number of rotatable bonds is 2. The summed E-state index contributed by atoms with van der Waals surface area (Å²) in [6, 6.07) is 16.7. The molecule has 0 unspecified atom stereocenters. The zero-order valence-corrected chi connectivity index (χ0v) is 11.4. The summed E-state index contributed by atoms with van der Waals surface area (Å²) < 4.78 is 0. The van der Waals surface area contributed by atoms with Crippen molar-refractivity contribution in [3.63, 3.8) is 0 Å². The van der Waals surface area contributed by atoms with Crippen LogP contribution in [-0.2, 0) is 6.54 Å². The fourth-order valence-electron chi connectivity index (χ4n) is 2.56. The van der Waals surface area contributed by atoms with Crippen LogP contribution in [0.1, 0.15) is 36.5 Å². The molecule has 0 saturated heterocycles. The molecule has 96 valence electrons. The Morgan fingerprint density at radius 2 is 1.84 bits per heavy atom. The van der Waals surface area contributed by atoms with Crippen LogP contribution < -0.4 is 4.90 Å². The number of amidine groups is 1. The maximum atomic E-state index is 8.33. The third-order valence-corrected chi connectivity index (χ3v) is 3.72. The van der Waals surface area contributed by atoms with Crippen LogP contribution in [0.3, 0.4) is 0 Å². The van der Waals surface area contributed by atoms with Gasteiger partial charge in [-0.3, -0.25) is 5.41 Å². The second kappa shape index (κ2) is 4.54. The smallest absolute Gasteiger partial charge is 0.133 e. The van der Waals surface area contributed by atoms with Crippen molar-refractivity contribution in [3.8, 4) is 0 Å². The predicted molar refractivity (Wildman–Crippen MR) is 80.0 cm³/mol. The van der Waals surface area contributed by atoms with Crippen LogP contribution in [-0.4, -0.2) is 5.84 Å². The summed E-state index contributed by atoms with van der Waals surface area (Å²) in [7, 11) is 0. The maximum Gasteiger partial charge on any atom is 0.133 e. The average molecular weight is 250 g/mol. The quantitative estimate of drug-likeness (QED) is 0.851. The van der Waals surface area contributed by atoms with Crippen LogP contribution in [0.2, 0.25) is 0 Å². The van der Waals surface area contributed by atoms with Gasteiger partial charge in [-0.05, 0) is 29.2 Å². The largest absolute Gasteiger partial charge is 0.322 e. The van der Waals surface area contributed by atoms with Crippen LogP contribution in [0.25, 0.3) is 0 Å². The molecule has 2 nitrogen and oxygen atoms in total. The first kappa shape index (κ1) is 12.0. The summed E-state index contributed by atoms with van der Waals surface area (Å²) in [5, 5.41) is 8.33. The topological polar surface area (TPSA) is 27.1 Å². The third-order valence-electron chi connectivity index (χ3n) is 3.72. The van der Waals surface area contributed by atoms with Gasteiger partial charge in [0.15, 0.2) is 0 Å². The predicted octanol–water partition coefficient (Wildman–Crippen LogP) is 4.16. The van der Waals surface area contributed by atoms with Crippen molar-refractivity contribution < 1.29 is 0 Å². The van der Waals surface area contributed by atoms with Gasteiger partial charge < -0.3 is 4.90 Å². The molecule has 0 amide bonds. The van der Waals surface area contributed by atoms with Crippen molar-refractivity contribution in [3.05, 3.63) is 65.2 Å². The fourth-order valence-corrected chi connectivity index (χ4v) is 2.56. The zero-order chi connectivity index (χ0) is 13.4. The van der Waals surface area contributed by atoms with Gasteiger partial charge in [-0.25, -0.2) is 0 Å². The molecule has 0 bridgehead atoms. The van der Waals surface area contributed by atoms with Crippen LogP contribution >= 0.6 is 0 Å². The Balaban J connectivity index is 1.97. The van der Waals surface area contributed by atoms with E-state index in [1.165, 1.54) is 11.1 Å². The summed E-state index contributed by atoms with van der Waals surface area (Å²) in [4.78, 5) is 2.08. The van der Waals surface area contributed by atoms with Gasteiger partial charge in [0.25, 0.3) is 0 Å². The van der Waals surface area contributed by atoms with Crippen LogP contribution in [0.15, 0.2) is 48.5 Å². The molecule has 0 aromatic heterocycles. The van der Waals surface area contributed by atoms with E-state index in [1.807, 2.05) is 18.2 Å². The second-order valence-electron chi connectivity index (χ2n) is 5.34. The molecule has 1 aliphatic heterocycles. The molecule has 1 heterocycles. The highest BCUT2D eigenvalue weighted by atomic mass is 15.2. The zero-order valence-electron chi connectivity index (χ0n) is 11.4. The van der Waals surface area contributed by atoms with E-state index in [1.54, 1.807) is 0 Å². The highest BCUT2D eigenvalue weighted by Gasteiger charge is 2.24. The molecule has 0 radical (unpaired) electrons. The van der Waals surface area contributed by atoms with Crippen LogP contribution in [0.4, 0.5) is 5.69 Å². The minimum Gasteiger partial charge on any atom is -0.322 e. The van der Waals surface area contributed by atoms with E-state index in [0.717, 1.165) is 17.8 Å². The molecule has 0 saturated carbocycles. The normalized spacial score (nSPS) is 14.1. The van der Waals surface area contributed by atoms with Crippen LogP contribution in [0.5, 0.6) is 0 Å². The van der Waals surface area contributed by atoms with E-state index < -0.39 is 0 Å². The number of hydrogen-bond acceptors (Lipinski definition) is 1. The highest BCUT2D eigenvalue weighted by Crippen LogP contribution is 2.29. The summed E-state index contributed by atoms with van der Waals surface area (Å²) in [5.41, 5.74) is 4.73. The summed E-state index contributed by atoms with van der Waals surface area (Å²) in [5.74, 6) is 1.12. The van der Waals surface area contributed by atoms with Crippen molar-refractivity contribution in [1.29, 1.82) is 5.41 Å². The number of nitrogens with one attached hydrogen (secondary N) is 1. The molecule has 1 N–H and O–H groups in total. The minimum atomic E-state index is 0.513. The Bertz CT molecular complexity index is 629. The molecular formula is C17H18N2. The number of anilines is 1. The Labute approximate surface area is 114 Å². The van der Waals surface area contributed by atoms with E-state index in [4.69, 9.17) is 5.41 Å². The summed E-state index contributed by atoms with van der Waals surface area (Å²) in [6.45, 7) is 5.20.